The van der Waals surface area contributed by atoms with Crippen LogP contribution in [0.15, 0.2) is 48.7 Å². The number of nitrogens with two attached hydrogens (primary N) is 1. The lowest BCUT2D eigenvalue weighted by atomic mass is 10.0. The van der Waals surface area contributed by atoms with Crippen LogP contribution in [0.2, 0.25) is 0 Å². The van der Waals surface area contributed by atoms with Gasteiger partial charge in [-0.3, -0.25) is 4.90 Å². The molecule has 0 atom stereocenters. The topological polar surface area (TPSA) is 93.4 Å². The summed E-state index contributed by atoms with van der Waals surface area (Å²) >= 11 is 0. The standard InChI is InChI=1S/C22H17F6N5O2/c23-21(24,25)13-9-14(22(26,27)28)11-15(10-13)31-20(34)33-7-1-2-12-8-16(3-4-17(12)33)35-18-5-6-30-19(29)32-18/h3-6,8-11H,1-2,7H2,(H,31,34)(H2,29,30,32). The van der Waals surface area contributed by atoms with Crippen molar-refractivity contribution in [3.63, 3.8) is 0 Å². The summed E-state index contributed by atoms with van der Waals surface area (Å²) in [6.07, 6.45) is -7.54. The molecule has 0 bridgehead atoms. The van der Waals surface area contributed by atoms with E-state index < -0.39 is 35.2 Å². The SMILES string of the molecule is Nc1nccc(Oc2ccc3c(c2)CCCN3C(=O)Nc2cc(C(F)(F)F)cc(C(F)(F)F)c2)n1. The Balaban J connectivity index is 1.58. The van der Waals surface area contributed by atoms with Crippen molar-refractivity contribution in [2.45, 2.75) is 25.2 Å². The summed E-state index contributed by atoms with van der Waals surface area (Å²) in [6, 6.07) is 6.34. The molecule has 3 aromatic rings. The highest BCUT2D eigenvalue weighted by Gasteiger charge is 2.37. The largest absolute Gasteiger partial charge is 0.439 e. The molecule has 2 aromatic carbocycles. The maximum absolute atomic E-state index is 13.1. The molecule has 1 aliphatic rings. The Morgan fingerprint density at radius 1 is 1.00 bits per heavy atom. The summed E-state index contributed by atoms with van der Waals surface area (Å²) in [5.41, 5.74) is 3.02. The predicted octanol–water partition coefficient (Wildman–Crippen LogP) is 5.87. The van der Waals surface area contributed by atoms with E-state index in [1.165, 1.54) is 17.2 Å². The van der Waals surface area contributed by atoms with Crippen LogP contribution in [0.4, 0.5) is 48.5 Å². The number of urea groups is 1. The van der Waals surface area contributed by atoms with Crippen LogP contribution in [0.5, 0.6) is 11.6 Å². The number of carbonyl (C=O) groups is 1. The molecular weight excluding hydrogens is 480 g/mol. The minimum absolute atomic E-state index is 0.00133. The fourth-order valence-corrected chi connectivity index (χ4v) is 3.60. The highest BCUT2D eigenvalue weighted by Crippen LogP contribution is 2.38. The monoisotopic (exact) mass is 497 g/mol. The fraction of sp³-hybridized carbons (Fsp3) is 0.227. The summed E-state index contributed by atoms with van der Waals surface area (Å²) in [4.78, 5) is 21.8. The molecule has 2 heterocycles. The van der Waals surface area contributed by atoms with Gasteiger partial charge in [-0.2, -0.15) is 31.3 Å². The number of aromatic nitrogens is 2. The number of ether oxygens (including phenoxy) is 1. The lowest BCUT2D eigenvalue weighted by molar-refractivity contribution is -0.143. The number of nitrogen functional groups attached to an aromatic ring is 1. The van der Waals surface area contributed by atoms with Gasteiger partial charge in [0.05, 0.1) is 11.1 Å². The van der Waals surface area contributed by atoms with Gasteiger partial charge in [0.1, 0.15) is 5.75 Å². The molecule has 0 spiro atoms. The molecule has 184 valence electrons. The van der Waals surface area contributed by atoms with Gasteiger partial charge in [0.15, 0.2) is 0 Å². The number of carbonyl (C=O) groups excluding carboxylic acids is 1. The second kappa shape index (κ2) is 8.96. The highest BCUT2D eigenvalue weighted by atomic mass is 19.4. The van der Waals surface area contributed by atoms with Crippen LogP contribution in [0.25, 0.3) is 0 Å². The van der Waals surface area contributed by atoms with E-state index in [9.17, 15) is 31.1 Å². The zero-order valence-corrected chi connectivity index (χ0v) is 17.7. The van der Waals surface area contributed by atoms with E-state index in [0.717, 1.165) is 0 Å². The summed E-state index contributed by atoms with van der Waals surface area (Å²) in [6.45, 7) is 0.215. The van der Waals surface area contributed by atoms with Crippen molar-refractivity contribution < 1.29 is 35.9 Å². The van der Waals surface area contributed by atoms with Gasteiger partial charge in [-0.15, -0.1) is 0 Å². The van der Waals surface area contributed by atoms with Crippen molar-refractivity contribution in [1.82, 2.24) is 9.97 Å². The number of anilines is 3. The van der Waals surface area contributed by atoms with Crippen LogP contribution in [-0.4, -0.2) is 22.5 Å². The van der Waals surface area contributed by atoms with Crippen LogP contribution >= 0.6 is 0 Å². The van der Waals surface area contributed by atoms with Crippen LogP contribution in [0, 0.1) is 0 Å². The number of rotatable bonds is 3. The van der Waals surface area contributed by atoms with Crippen molar-refractivity contribution in [2.24, 2.45) is 0 Å². The van der Waals surface area contributed by atoms with Crippen molar-refractivity contribution in [3.05, 3.63) is 65.4 Å². The van der Waals surface area contributed by atoms with Gasteiger partial charge in [-0.05, 0) is 54.8 Å². The van der Waals surface area contributed by atoms with Gasteiger partial charge in [-0.1, -0.05) is 0 Å². The molecule has 1 aromatic heterocycles. The van der Waals surface area contributed by atoms with Crippen molar-refractivity contribution in [1.29, 1.82) is 0 Å². The Kier molecular flexibility index (Phi) is 6.17. The second-order valence-electron chi connectivity index (χ2n) is 7.63. The number of nitrogens with one attached hydrogen (secondary N) is 1. The molecule has 35 heavy (non-hydrogen) atoms. The number of hydrogen-bond donors (Lipinski definition) is 2. The third kappa shape index (κ3) is 5.55. The predicted molar refractivity (Wildman–Crippen MR) is 114 cm³/mol. The molecule has 0 saturated heterocycles. The Bertz CT molecular complexity index is 1230. The van der Waals surface area contributed by atoms with Crippen LogP contribution in [-0.2, 0) is 18.8 Å². The van der Waals surface area contributed by atoms with Gasteiger partial charge in [-0.25, -0.2) is 9.78 Å². The minimum Gasteiger partial charge on any atom is -0.439 e. The van der Waals surface area contributed by atoms with E-state index >= 15 is 0 Å². The third-order valence-corrected chi connectivity index (χ3v) is 5.12. The molecule has 7 nitrogen and oxygen atoms in total. The third-order valence-electron chi connectivity index (χ3n) is 5.12. The van der Waals surface area contributed by atoms with Crippen LogP contribution in [0.1, 0.15) is 23.1 Å². The molecular formula is C22H17F6N5O2. The zero-order chi connectivity index (χ0) is 25.4. The average molecular weight is 497 g/mol. The molecule has 0 saturated carbocycles. The first-order chi connectivity index (χ1) is 16.4. The van der Waals surface area contributed by atoms with Crippen LogP contribution in [0.3, 0.4) is 0 Å². The number of aryl methyl sites for hydroxylation is 1. The summed E-state index contributed by atoms with van der Waals surface area (Å²) in [5, 5.41) is 2.16. The van der Waals surface area contributed by atoms with Gasteiger partial charge < -0.3 is 15.8 Å². The number of benzene rings is 2. The van der Waals surface area contributed by atoms with E-state index in [4.69, 9.17) is 10.5 Å². The van der Waals surface area contributed by atoms with Crippen molar-refractivity contribution in [3.8, 4) is 11.6 Å². The molecule has 13 heteroatoms. The van der Waals surface area contributed by atoms with E-state index in [0.29, 0.717) is 42.0 Å². The summed E-state index contributed by atoms with van der Waals surface area (Å²) in [5.74, 6) is 0.622. The second-order valence-corrected chi connectivity index (χ2v) is 7.63. The number of fused-ring (bicyclic) bond motifs is 1. The first-order valence-corrected chi connectivity index (χ1v) is 10.2. The molecule has 3 N–H and O–H groups in total. The van der Waals surface area contributed by atoms with E-state index in [2.05, 4.69) is 15.3 Å². The average Bonchev–Trinajstić information content (AvgIpc) is 2.77. The molecule has 1 aliphatic heterocycles. The van der Waals surface area contributed by atoms with Crippen molar-refractivity contribution >= 4 is 23.4 Å². The highest BCUT2D eigenvalue weighted by molar-refractivity contribution is 6.02. The maximum atomic E-state index is 13.1. The van der Waals surface area contributed by atoms with Crippen LogP contribution < -0.4 is 20.7 Å². The Morgan fingerprint density at radius 3 is 2.31 bits per heavy atom. The van der Waals surface area contributed by atoms with E-state index in [-0.39, 0.29) is 24.4 Å². The fourth-order valence-electron chi connectivity index (χ4n) is 3.60. The normalized spacial score (nSPS) is 13.8. The summed E-state index contributed by atoms with van der Waals surface area (Å²) < 4.78 is 84.4. The Hall–Kier alpha value is -4.03. The van der Waals surface area contributed by atoms with Crippen molar-refractivity contribution in [2.75, 3.05) is 22.5 Å². The van der Waals surface area contributed by atoms with E-state index in [1.54, 1.807) is 18.2 Å². The molecule has 2 amide bonds. The maximum Gasteiger partial charge on any atom is 0.416 e. The van der Waals surface area contributed by atoms with Gasteiger partial charge in [0.2, 0.25) is 11.8 Å². The lowest BCUT2D eigenvalue weighted by Crippen LogP contribution is -2.38. The quantitative estimate of drug-likeness (QED) is 0.442. The number of halogens is 6. The number of nitrogens with zero attached hydrogens (tertiary/aromatic N) is 3. The molecule has 0 fully saturated rings. The Morgan fingerprint density at radius 2 is 1.69 bits per heavy atom. The number of amides is 2. The molecule has 4 rings (SSSR count). The molecule has 0 radical (unpaired) electrons. The molecule has 0 aliphatic carbocycles. The zero-order valence-electron chi connectivity index (χ0n) is 17.7. The Labute approximate surface area is 194 Å². The summed E-state index contributed by atoms with van der Waals surface area (Å²) in [7, 11) is 0. The smallest absolute Gasteiger partial charge is 0.416 e. The van der Waals surface area contributed by atoms with Gasteiger partial charge >= 0.3 is 18.4 Å². The lowest BCUT2D eigenvalue weighted by Gasteiger charge is -2.30. The number of hydrogen-bond acceptors (Lipinski definition) is 5. The minimum atomic E-state index is -5.02. The van der Waals surface area contributed by atoms with Gasteiger partial charge in [0.25, 0.3) is 0 Å². The first-order valence-electron chi connectivity index (χ1n) is 10.2. The first kappa shape index (κ1) is 24.1. The van der Waals surface area contributed by atoms with Gasteiger partial charge in [0, 0.05) is 30.2 Å². The van der Waals surface area contributed by atoms with E-state index in [1.807, 2.05) is 0 Å². The molecule has 0 unspecified atom stereocenters. The number of alkyl halides is 6.